The fraction of sp³-hybridized carbons (Fsp3) is 0.500. The van der Waals surface area contributed by atoms with Crippen LogP contribution >= 0.6 is 0 Å². The largest absolute Gasteiger partial charge is 1.00 e. The minimum absolute atomic E-state index is 0. The van der Waals surface area contributed by atoms with Gasteiger partial charge < -0.3 is 17.8 Å². The molecular formula is C12H16BF3KN3O. The summed E-state index contributed by atoms with van der Waals surface area (Å²) in [5.41, 5.74) is -0.784. The van der Waals surface area contributed by atoms with E-state index in [0.29, 0.717) is 5.69 Å². The van der Waals surface area contributed by atoms with Crippen LogP contribution in [0.25, 0.3) is 0 Å². The third-order valence-electron chi connectivity index (χ3n) is 3.39. The van der Waals surface area contributed by atoms with Crippen LogP contribution in [0.3, 0.4) is 0 Å². The van der Waals surface area contributed by atoms with Crippen molar-refractivity contribution in [2.75, 3.05) is 18.0 Å². The van der Waals surface area contributed by atoms with Gasteiger partial charge in [0.2, 0.25) is 0 Å². The topological polar surface area (TPSA) is 38.1 Å². The number of rotatable bonds is 4. The van der Waals surface area contributed by atoms with Crippen LogP contribution in [0.5, 0.6) is 0 Å². The summed E-state index contributed by atoms with van der Waals surface area (Å²) in [5.74, 6) is 0. The van der Waals surface area contributed by atoms with E-state index in [4.69, 9.17) is 0 Å². The van der Waals surface area contributed by atoms with E-state index in [1.807, 2.05) is 4.90 Å². The number of piperidine rings is 1. The van der Waals surface area contributed by atoms with Crippen molar-refractivity contribution in [2.24, 2.45) is 0 Å². The van der Waals surface area contributed by atoms with Crippen LogP contribution in [0.4, 0.5) is 18.6 Å². The van der Waals surface area contributed by atoms with Crippen molar-refractivity contribution in [2.45, 2.75) is 25.8 Å². The Hall–Kier alpha value is -0.0887. The van der Waals surface area contributed by atoms with Crippen LogP contribution in [0.1, 0.15) is 19.3 Å². The monoisotopic (exact) mass is 325 g/mol. The quantitative estimate of drug-likeness (QED) is 0.679. The molecule has 110 valence electrons. The molecule has 0 radical (unpaired) electrons. The molecule has 2 heterocycles. The summed E-state index contributed by atoms with van der Waals surface area (Å²) in [6.07, 6.45) is 4.71. The minimum Gasteiger partial charge on any atom is -0.445 e. The van der Waals surface area contributed by atoms with E-state index in [2.05, 4.69) is 11.7 Å². The Morgan fingerprint density at radius 1 is 1.29 bits per heavy atom. The molecule has 4 nitrogen and oxygen atoms in total. The van der Waals surface area contributed by atoms with Gasteiger partial charge in [0, 0.05) is 25.7 Å². The molecule has 0 unspecified atom stereocenters. The number of allylic oxidation sites excluding steroid dienone is 1. The number of hydrogen-bond donors (Lipinski definition) is 0. The zero-order valence-corrected chi connectivity index (χ0v) is 15.2. The van der Waals surface area contributed by atoms with Crippen LogP contribution in [0.2, 0.25) is 0 Å². The van der Waals surface area contributed by atoms with Crippen molar-refractivity contribution in [1.29, 1.82) is 0 Å². The SMILES string of the molecule is C=C(Cn1ncc(N2CCCCC2)cc1=O)[B-](F)(F)F.[K+]. The van der Waals surface area contributed by atoms with Gasteiger partial charge in [0.25, 0.3) is 5.56 Å². The first-order valence-corrected chi connectivity index (χ1v) is 6.57. The number of halogens is 3. The summed E-state index contributed by atoms with van der Waals surface area (Å²) >= 11 is 0. The summed E-state index contributed by atoms with van der Waals surface area (Å²) in [6.45, 7) is -1.08. The maximum absolute atomic E-state index is 12.4. The first-order chi connectivity index (χ1) is 9.38. The van der Waals surface area contributed by atoms with Gasteiger partial charge in [-0.15, -0.1) is 12.1 Å². The second kappa shape index (κ2) is 7.96. The smallest absolute Gasteiger partial charge is 0.445 e. The standard InChI is InChI=1S/C12H16BF3N3O.K/c1-10(13(14,15)16)9-19-12(20)7-11(8-17-19)18-5-3-2-4-6-18;/h7-8H,1-6,9H2;/q-1;+1. The summed E-state index contributed by atoms with van der Waals surface area (Å²) < 4.78 is 38.1. The van der Waals surface area contributed by atoms with Crippen LogP contribution in [-0.4, -0.2) is 29.8 Å². The maximum Gasteiger partial charge on any atom is 1.00 e. The normalized spacial score (nSPS) is 15.5. The summed E-state index contributed by atoms with van der Waals surface area (Å²) in [4.78, 5) is 13.8. The van der Waals surface area contributed by atoms with Gasteiger partial charge in [0.15, 0.2) is 0 Å². The van der Waals surface area contributed by atoms with Gasteiger partial charge in [-0.3, -0.25) is 4.79 Å². The second-order valence-electron chi connectivity index (χ2n) is 4.99. The van der Waals surface area contributed by atoms with Crippen molar-refractivity contribution in [3.63, 3.8) is 0 Å². The molecule has 1 fully saturated rings. The Balaban J connectivity index is 0.00000220. The molecule has 1 aliphatic heterocycles. The number of hydrogen-bond acceptors (Lipinski definition) is 3. The van der Waals surface area contributed by atoms with Gasteiger partial charge in [0.1, 0.15) is 0 Å². The Kier molecular flexibility index (Phi) is 7.19. The molecule has 0 amide bonds. The van der Waals surface area contributed by atoms with Crippen LogP contribution in [0, 0.1) is 0 Å². The molecule has 0 aliphatic carbocycles. The molecule has 1 aromatic heterocycles. The molecule has 1 aliphatic rings. The van der Waals surface area contributed by atoms with Gasteiger partial charge >= 0.3 is 58.4 Å². The Morgan fingerprint density at radius 2 is 1.90 bits per heavy atom. The molecule has 21 heavy (non-hydrogen) atoms. The average Bonchev–Trinajstić information content (AvgIpc) is 2.41. The van der Waals surface area contributed by atoms with E-state index in [-0.39, 0.29) is 51.4 Å². The average molecular weight is 325 g/mol. The van der Waals surface area contributed by atoms with E-state index in [1.165, 1.54) is 12.3 Å². The molecule has 0 atom stereocenters. The molecule has 9 heteroatoms. The zero-order valence-electron chi connectivity index (χ0n) is 12.1. The van der Waals surface area contributed by atoms with E-state index >= 15 is 0 Å². The minimum atomic E-state index is -5.14. The van der Waals surface area contributed by atoms with Crippen molar-refractivity contribution in [3.05, 3.63) is 34.7 Å². The van der Waals surface area contributed by atoms with E-state index in [9.17, 15) is 17.7 Å². The Morgan fingerprint density at radius 3 is 2.43 bits per heavy atom. The first-order valence-electron chi connectivity index (χ1n) is 6.57. The van der Waals surface area contributed by atoms with E-state index < -0.39 is 24.6 Å². The van der Waals surface area contributed by atoms with Crippen molar-refractivity contribution in [3.8, 4) is 0 Å². The second-order valence-corrected chi connectivity index (χ2v) is 4.99. The summed E-state index contributed by atoms with van der Waals surface area (Å²) in [7, 11) is 0. The molecule has 0 aromatic carbocycles. The van der Waals surface area contributed by atoms with Crippen LogP contribution in [0.15, 0.2) is 29.1 Å². The van der Waals surface area contributed by atoms with Gasteiger partial charge in [-0.05, 0) is 19.3 Å². The molecule has 0 N–H and O–H groups in total. The van der Waals surface area contributed by atoms with Crippen molar-refractivity contribution in [1.82, 2.24) is 9.78 Å². The number of anilines is 1. The molecule has 0 saturated carbocycles. The zero-order chi connectivity index (χ0) is 14.8. The maximum atomic E-state index is 12.4. The molecule has 0 bridgehead atoms. The first kappa shape index (κ1) is 19.0. The fourth-order valence-electron chi connectivity index (χ4n) is 2.16. The van der Waals surface area contributed by atoms with Crippen molar-refractivity contribution >= 4 is 12.7 Å². The molecule has 1 saturated heterocycles. The van der Waals surface area contributed by atoms with Crippen molar-refractivity contribution < 1.29 is 64.3 Å². The molecule has 2 rings (SSSR count). The Labute approximate surface area is 163 Å². The Bertz CT molecular complexity index is 555. The predicted molar refractivity (Wildman–Crippen MR) is 72.8 cm³/mol. The van der Waals surface area contributed by atoms with Crippen LogP contribution in [-0.2, 0) is 6.54 Å². The van der Waals surface area contributed by atoms with Gasteiger partial charge in [-0.2, -0.15) is 5.10 Å². The van der Waals surface area contributed by atoms with Gasteiger partial charge in [0.05, 0.1) is 11.9 Å². The van der Waals surface area contributed by atoms with E-state index in [0.717, 1.165) is 37.0 Å². The molecule has 1 aromatic rings. The van der Waals surface area contributed by atoms with Gasteiger partial charge in [-0.25, -0.2) is 4.68 Å². The molecule has 0 spiro atoms. The molecular weight excluding hydrogens is 309 g/mol. The third-order valence-corrected chi connectivity index (χ3v) is 3.39. The number of nitrogens with zero attached hydrogens (tertiary/aromatic N) is 3. The van der Waals surface area contributed by atoms with Gasteiger partial charge in [-0.1, -0.05) is 0 Å². The number of aromatic nitrogens is 2. The third kappa shape index (κ3) is 5.24. The van der Waals surface area contributed by atoms with E-state index in [1.54, 1.807) is 0 Å². The predicted octanol–water partition coefficient (Wildman–Crippen LogP) is -0.820. The fourth-order valence-corrected chi connectivity index (χ4v) is 2.16. The van der Waals surface area contributed by atoms with Crippen LogP contribution < -0.4 is 61.8 Å². The summed E-state index contributed by atoms with van der Waals surface area (Å²) in [6, 6.07) is 1.34. The summed E-state index contributed by atoms with van der Waals surface area (Å²) in [5, 5.41) is 3.82.